The lowest BCUT2D eigenvalue weighted by Crippen LogP contribution is -2.23. The first-order valence-electron chi connectivity index (χ1n) is 8.76. The Morgan fingerprint density at radius 3 is 2.82 bits per heavy atom. The third-order valence-corrected chi connectivity index (χ3v) is 5.52. The minimum Gasteiger partial charge on any atom is -0.485 e. The van der Waals surface area contributed by atoms with Gasteiger partial charge in [0.05, 0.1) is 5.25 Å². The maximum atomic E-state index is 12.5. The van der Waals surface area contributed by atoms with E-state index in [1.54, 1.807) is 19.1 Å². The molecule has 3 aromatic rings. The number of rotatable bonds is 7. The van der Waals surface area contributed by atoms with Gasteiger partial charge in [0, 0.05) is 10.7 Å². The Balaban J connectivity index is 1.56. The maximum absolute atomic E-state index is 12.5. The van der Waals surface area contributed by atoms with E-state index in [0.29, 0.717) is 21.7 Å². The molecule has 2 N–H and O–H groups in total. The van der Waals surface area contributed by atoms with Crippen molar-refractivity contribution in [1.82, 2.24) is 15.2 Å². The van der Waals surface area contributed by atoms with E-state index in [-0.39, 0.29) is 17.8 Å². The van der Waals surface area contributed by atoms with Crippen molar-refractivity contribution in [3.05, 3.63) is 64.4 Å². The van der Waals surface area contributed by atoms with E-state index in [9.17, 15) is 4.79 Å². The number of aromatic amines is 1. The summed E-state index contributed by atoms with van der Waals surface area (Å²) in [6, 6.07) is 13.2. The van der Waals surface area contributed by atoms with E-state index in [1.165, 1.54) is 11.8 Å². The standard InChI is InChI=1S/C20H21ClN4O2S/c1-12-7-4-5-10-17(12)27-11-18-23-20(25-24-18)28-14(3)19(26)22-16-9-6-8-15(21)13(16)2/h4-10,14H,11H2,1-3H3,(H,22,26)(H,23,24,25)/t14-/m1/s1. The highest BCUT2D eigenvalue weighted by molar-refractivity contribution is 8.00. The number of nitrogens with one attached hydrogen (secondary N) is 2. The number of hydrogen-bond donors (Lipinski definition) is 2. The van der Waals surface area contributed by atoms with Crippen molar-refractivity contribution in [3.8, 4) is 5.75 Å². The molecule has 0 aliphatic carbocycles. The lowest BCUT2D eigenvalue weighted by Gasteiger charge is -2.12. The third kappa shape index (κ3) is 5.05. The van der Waals surface area contributed by atoms with Crippen molar-refractivity contribution in [2.75, 3.05) is 5.32 Å². The second-order valence-electron chi connectivity index (χ2n) is 6.28. The molecule has 1 aromatic heterocycles. The number of hydrogen-bond acceptors (Lipinski definition) is 5. The Bertz CT molecular complexity index is 976. The van der Waals surface area contributed by atoms with Crippen LogP contribution >= 0.6 is 23.4 Å². The summed E-state index contributed by atoms with van der Waals surface area (Å²) >= 11 is 7.37. The number of H-pyrrole nitrogens is 1. The van der Waals surface area contributed by atoms with Crippen LogP contribution in [0.2, 0.25) is 5.02 Å². The van der Waals surface area contributed by atoms with Gasteiger partial charge in [-0.2, -0.15) is 0 Å². The number of ether oxygens (including phenoxy) is 1. The molecule has 0 saturated heterocycles. The fraction of sp³-hybridized carbons (Fsp3) is 0.250. The average molecular weight is 417 g/mol. The highest BCUT2D eigenvalue weighted by Gasteiger charge is 2.18. The number of halogens is 1. The molecule has 1 heterocycles. The van der Waals surface area contributed by atoms with Crippen molar-refractivity contribution in [2.24, 2.45) is 0 Å². The van der Waals surface area contributed by atoms with Gasteiger partial charge in [0.2, 0.25) is 11.1 Å². The van der Waals surface area contributed by atoms with Crippen LogP contribution in [0, 0.1) is 13.8 Å². The van der Waals surface area contributed by atoms with E-state index in [0.717, 1.165) is 16.9 Å². The normalized spacial score (nSPS) is 11.9. The van der Waals surface area contributed by atoms with Crippen LogP contribution in [0.15, 0.2) is 47.6 Å². The van der Waals surface area contributed by atoms with E-state index in [1.807, 2.05) is 44.2 Å². The van der Waals surface area contributed by atoms with Crippen LogP contribution in [0.1, 0.15) is 23.9 Å². The summed E-state index contributed by atoms with van der Waals surface area (Å²) in [7, 11) is 0. The molecular weight excluding hydrogens is 396 g/mol. The zero-order valence-electron chi connectivity index (χ0n) is 15.8. The topological polar surface area (TPSA) is 79.9 Å². The van der Waals surface area contributed by atoms with Crippen molar-refractivity contribution in [1.29, 1.82) is 0 Å². The van der Waals surface area contributed by atoms with Crippen LogP contribution < -0.4 is 10.1 Å². The van der Waals surface area contributed by atoms with Gasteiger partial charge in [-0.15, -0.1) is 5.10 Å². The zero-order chi connectivity index (χ0) is 20.1. The summed E-state index contributed by atoms with van der Waals surface area (Å²) in [5, 5.41) is 10.6. The summed E-state index contributed by atoms with van der Waals surface area (Å²) in [5.41, 5.74) is 2.59. The highest BCUT2D eigenvalue weighted by Crippen LogP contribution is 2.25. The molecule has 0 aliphatic heterocycles. The van der Waals surface area contributed by atoms with Gasteiger partial charge in [0.25, 0.3) is 0 Å². The third-order valence-electron chi connectivity index (χ3n) is 4.15. The average Bonchev–Trinajstić information content (AvgIpc) is 3.12. The van der Waals surface area contributed by atoms with Crippen molar-refractivity contribution < 1.29 is 9.53 Å². The lowest BCUT2D eigenvalue weighted by molar-refractivity contribution is -0.115. The summed E-state index contributed by atoms with van der Waals surface area (Å²) < 4.78 is 5.76. The molecule has 6 nitrogen and oxygen atoms in total. The number of amides is 1. The minimum absolute atomic E-state index is 0.141. The Hall–Kier alpha value is -2.51. The van der Waals surface area contributed by atoms with Crippen molar-refractivity contribution >= 4 is 35.0 Å². The minimum atomic E-state index is -0.376. The van der Waals surface area contributed by atoms with Gasteiger partial charge < -0.3 is 10.1 Å². The van der Waals surface area contributed by atoms with Gasteiger partial charge in [0.15, 0.2) is 5.82 Å². The Kier molecular flexibility index (Phi) is 6.59. The maximum Gasteiger partial charge on any atom is 0.237 e. The first-order chi connectivity index (χ1) is 13.4. The molecule has 0 bridgehead atoms. The number of carbonyl (C=O) groups is 1. The van der Waals surface area contributed by atoms with Crippen molar-refractivity contribution in [2.45, 2.75) is 37.8 Å². The zero-order valence-corrected chi connectivity index (χ0v) is 17.4. The highest BCUT2D eigenvalue weighted by atomic mass is 35.5. The quantitative estimate of drug-likeness (QED) is 0.542. The van der Waals surface area contributed by atoms with Gasteiger partial charge in [-0.3, -0.25) is 9.89 Å². The number of anilines is 1. The fourth-order valence-electron chi connectivity index (χ4n) is 2.45. The summed E-state index contributed by atoms with van der Waals surface area (Å²) in [4.78, 5) is 16.9. The van der Waals surface area contributed by atoms with Crippen LogP contribution in [-0.2, 0) is 11.4 Å². The van der Waals surface area contributed by atoms with Crippen molar-refractivity contribution in [3.63, 3.8) is 0 Å². The number of nitrogens with zero attached hydrogens (tertiary/aromatic N) is 2. The second kappa shape index (κ2) is 9.12. The molecule has 0 spiro atoms. The molecule has 2 aromatic carbocycles. The molecule has 0 fully saturated rings. The van der Waals surface area contributed by atoms with Crippen LogP contribution in [0.25, 0.3) is 0 Å². The van der Waals surface area contributed by atoms with E-state index >= 15 is 0 Å². The Morgan fingerprint density at radius 1 is 1.25 bits per heavy atom. The number of para-hydroxylation sites is 1. The number of aromatic nitrogens is 3. The predicted octanol–water partition coefficient (Wildman–Crippen LogP) is 4.77. The van der Waals surface area contributed by atoms with Gasteiger partial charge in [-0.1, -0.05) is 47.6 Å². The molecule has 3 rings (SSSR count). The number of benzene rings is 2. The number of thioether (sulfide) groups is 1. The van der Waals surface area contributed by atoms with E-state index in [4.69, 9.17) is 16.3 Å². The number of carbonyl (C=O) groups excluding carboxylic acids is 1. The van der Waals surface area contributed by atoms with Crippen LogP contribution in [-0.4, -0.2) is 26.3 Å². The molecule has 0 radical (unpaired) electrons. The largest absolute Gasteiger partial charge is 0.485 e. The molecule has 0 unspecified atom stereocenters. The molecule has 28 heavy (non-hydrogen) atoms. The van der Waals surface area contributed by atoms with Gasteiger partial charge in [-0.05, 0) is 50.1 Å². The monoisotopic (exact) mass is 416 g/mol. The first-order valence-corrected chi connectivity index (χ1v) is 10.0. The van der Waals surface area contributed by atoms with E-state index < -0.39 is 0 Å². The van der Waals surface area contributed by atoms with Gasteiger partial charge in [-0.25, -0.2) is 4.98 Å². The summed E-state index contributed by atoms with van der Waals surface area (Å²) in [6.45, 7) is 5.94. The summed E-state index contributed by atoms with van der Waals surface area (Å²) in [6.07, 6.45) is 0. The molecule has 0 saturated carbocycles. The smallest absolute Gasteiger partial charge is 0.237 e. The van der Waals surface area contributed by atoms with E-state index in [2.05, 4.69) is 20.5 Å². The SMILES string of the molecule is Cc1ccccc1OCc1nc(S[C@H](C)C(=O)Nc2cccc(Cl)c2C)n[nH]1. The van der Waals surface area contributed by atoms with Crippen LogP contribution in [0.5, 0.6) is 5.75 Å². The Morgan fingerprint density at radius 2 is 2.04 bits per heavy atom. The molecule has 8 heteroatoms. The fourth-order valence-corrected chi connectivity index (χ4v) is 3.37. The predicted molar refractivity (Wildman–Crippen MR) is 112 cm³/mol. The molecule has 146 valence electrons. The molecular formula is C20H21ClN4O2S. The van der Waals surface area contributed by atoms with Gasteiger partial charge >= 0.3 is 0 Å². The Labute approximate surface area is 173 Å². The number of aryl methyl sites for hydroxylation is 1. The molecule has 1 atom stereocenters. The van der Waals surface area contributed by atoms with Crippen LogP contribution in [0.4, 0.5) is 5.69 Å². The second-order valence-corrected chi connectivity index (χ2v) is 8.00. The van der Waals surface area contributed by atoms with Crippen LogP contribution in [0.3, 0.4) is 0 Å². The lowest BCUT2D eigenvalue weighted by atomic mass is 10.2. The summed E-state index contributed by atoms with van der Waals surface area (Å²) in [5.74, 6) is 1.26. The molecule has 1 amide bonds. The first kappa shape index (κ1) is 20.2. The molecule has 0 aliphatic rings. The van der Waals surface area contributed by atoms with Gasteiger partial charge in [0.1, 0.15) is 12.4 Å².